The van der Waals surface area contributed by atoms with Crippen LogP contribution in [0.3, 0.4) is 0 Å². The molecule has 0 aliphatic carbocycles. The minimum absolute atomic E-state index is 0.0101. The van der Waals surface area contributed by atoms with Crippen molar-refractivity contribution in [3.05, 3.63) is 86.9 Å². The quantitative estimate of drug-likeness (QED) is 0.203. The Morgan fingerprint density at radius 1 is 1.00 bits per heavy atom. The molecule has 200 valence electrons. The van der Waals surface area contributed by atoms with Gasteiger partial charge in [-0.05, 0) is 61.9 Å². The van der Waals surface area contributed by atoms with Crippen molar-refractivity contribution in [2.45, 2.75) is 26.0 Å². The number of halogens is 2. The molecule has 0 saturated carbocycles. The summed E-state index contributed by atoms with van der Waals surface area (Å²) in [6.45, 7) is 3.79. The van der Waals surface area contributed by atoms with E-state index in [1.165, 1.54) is 37.3 Å². The van der Waals surface area contributed by atoms with E-state index in [1.54, 1.807) is 36.4 Å². The molecule has 1 heterocycles. The predicted octanol–water partition coefficient (Wildman–Crippen LogP) is 6.30. The Morgan fingerprint density at radius 2 is 1.62 bits per heavy atom. The highest BCUT2D eigenvalue weighted by Crippen LogP contribution is 2.48. The summed E-state index contributed by atoms with van der Waals surface area (Å²) in [5.74, 6) is -1.57. The number of rotatable bonds is 7. The van der Waals surface area contributed by atoms with Gasteiger partial charge in [0.25, 0.3) is 11.7 Å². The number of nitrogens with zero attached hydrogens (tertiary/aromatic N) is 2. The SMILES string of the molecule is COc1c(Cl)cc(/C(O)=C2\C(=O)C(=O)N(c3ccc(C#N)cc3)C2c2ccc(OC(C)C)cc2)c(OC)c1Cl. The van der Waals surface area contributed by atoms with Gasteiger partial charge in [0.15, 0.2) is 11.5 Å². The van der Waals surface area contributed by atoms with Gasteiger partial charge in [0.1, 0.15) is 16.5 Å². The third-order valence-corrected chi connectivity index (χ3v) is 6.71. The predicted molar refractivity (Wildman–Crippen MR) is 148 cm³/mol. The molecule has 1 fully saturated rings. The number of ether oxygens (including phenoxy) is 3. The van der Waals surface area contributed by atoms with Crippen LogP contribution < -0.4 is 19.1 Å². The first-order valence-corrected chi connectivity index (χ1v) is 12.6. The Labute approximate surface area is 235 Å². The van der Waals surface area contributed by atoms with Crippen molar-refractivity contribution < 1.29 is 28.9 Å². The number of carbonyl (C=O) groups is 2. The summed E-state index contributed by atoms with van der Waals surface area (Å²) in [4.78, 5) is 28.2. The molecular formula is C29H24Cl2N2O6. The van der Waals surface area contributed by atoms with Crippen molar-refractivity contribution in [1.82, 2.24) is 0 Å². The van der Waals surface area contributed by atoms with Gasteiger partial charge in [0, 0.05) is 5.69 Å². The number of Topliss-reactive ketones (excluding diaryl/α,β-unsaturated/α-hetero) is 1. The third-order valence-electron chi connectivity index (χ3n) is 6.08. The zero-order chi connectivity index (χ0) is 28.4. The number of anilines is 1. The highest BCUT2D eigenvalue weighted by atomic mass is 35.5. The third kappa shape index (κ3) is 5.11. The van der Waals surface area contributed by atoms with E-state index in [1.807, 2.05) is 19.9 Å². The molecule has 1 unspecified atom stereocenters. The highest BCUT2D eigenvalue weighted by Gasteiger charge is 2.47. The fraction of sp³-hybridized carbons (Fsp3) is 0.207. The van der Waals surface area contributed by atoms with E-state index in [0.717, 1.165) is 0 Å². The maximum Gasteiger partial charge on any atom is 0.300 e. The van der Waals surface area contributed by atoms with Crippen LogP contribution in [0.15, 0.2) is 60.2 Å². The molecule has 8 nitrogen and oxygen atoms in total. The fourth-order valence-corrected chi connectivity index (χ4v) is 5.09. The Kier molecular flexibility index (Phi) is 8.05. The molecule has 3 aromatic carbocycles. The van der Waals surface area contributed by atoms with Crippen LogP contribution in [0.2, 0.25) is 10.0 Å². The van der Waals surface area contributed by atoms with Gasteiger partial charge in [-0.25, -0.2) is 0 Å². The van der Waals surface area contributed by atoms with Gasteiger partial charge in [0.2, 0.25) is 0 Å². The molecule has 39 heavy (non-hydrogen) atoms. The van der Waals surface area contributed by atoms with Crippen LogP contribution in [0, 0.1) is 11.3 Å². The maximum absolute atomic E-state index is 13.5. The number of aliphatic hydroxyl groups excluding tert-OH is 1. The second-order valence-corrected chi connectivity index (χ2v) is 9.64. The Balaban J connectivity index is 1.97. The first kappa shape index (κ1) is 27.8. The molecule has 0 bridgehead atoms. The Morgan fingerprint density at radius 3 is 2.15 bits per heavy atom. The lowest BCUT2D eigenvalue weighted by Gasteiger charge is -2.26. The molecule has 0 aromatic heterocycles. The lowest BCUT2D eigenvalue weighted by atomic mass is 9.94. The normalized spacial score (nSPS) is 16.4. The molecule has 1 atom stereocenters. The van der Waals surface area contributed by atoms with Crippen LogP contribution in [0.1, 0.15) is 36.6 Å². The summed E-state index contributed by atoms with van der Waals surface area (Å²) in [5, 5.41) is 20.8. The monoisotopic (exact) mass is 566 g/mol. The van der Waals surface area contributed by atoms with Gasteiger partial charge < -0.3 is 19.3 Å². The lowest BCUT2D eigenvalue weighted by Crippen LogP contribution is -2.29. The van der Waals surface area contributed by atoms with Crippen molar-refractivity contribution in [3.8, 4) is 23.3 Å². The summed E-state index contributed by atoms with van der Waals surface area (Å²) in [6, 6.07) is 15.4. The van der Waals surface area contributed by atoms with E-state index in [4.69, 9.17) is 37.4 Å². The van der Waals surface area contributed by atoms with Crippen LogP contribution in [0.4, 0.5) is 5.69 Å². The van der Waals surface area contributed by atoms with Gasteiger partial charge >= 0.3 is 0 Å². The summed E-state index contributed by atoms with van der Waals surface area (Å²) >= 11 is 12.8. The molecule has 1 aliphatic rings. The second-order valence-electron chi connectivity index (χ2n) is 8.85. The fourth-order valence-electron chi connectivity index (χ4n) is 4.40. The minimum Gasteiger partial charge on any atom is -0.507 e. The van der Waals surface area contributed by atoms with Crippen LogP contribution in [-0.4, -0.2) is 37.1 Å². The van der Waals surface area contributed by atoms with E-state index >= 15 is 0 Å². The number of methoxy groups -OCH3 is 2. The number of ketones is 1. The lowest BCUT2D eigenvalue weighted by molar-refractivity contribution is -0.132. The summed E-state index contributed by atoms with van der Waals surface area (Å²) in [6.07, 6.45) is -0.0582. The van der Waals surface area contributed by atoms with Crippen molar-refractivity contribution in [1.29, 1.82) is 5.26 Å². The summed E-state index contributed by atoms with van der Waals surface area (Å²) < 4.78 is 16.4. The van der Waals surface area contributed by atoms with Gasteiger partial charge in [-0.2, -0.15) is 5.26 Å². The van der Waals surface area contributed by atoms with Crippen LogP contribution >= 0.6 is 23.2 Å². The van der Waals surface area contributed by atoms with E-state index in [0.29, 0.717) is 22.6 Å². The molecule has 1 aliphatic heterocycles. The number of hydrogen-bond acceptors (Lipinski definition) is 7. The zero-order valence-corrected chi connectivity index (χ0v) is 23.0. The van der Waals surface area contributed by atoms with Gasteiger partial charge in [-0.3, -0.25) is 14.5 Å². The van der Waals surface area contributed by atoms with Crippen LogP contribution in [-0.2, 0) is 9.59 Å². The van der Waals surface area contributed by atoms with E-state index < -0.39 is 23.5 Å². The van der Waals surface area contributed by atoms with Crippen molar-refractivity contribution in [2.24, 2.45) is 0 Å². The molecule has 4 rings (SSSR count). The van der Waals surface area contributed by atoms with Gasteiger partial charge in [0.05, 0.1) is 54.2 Å². The number of aliphatic hydroxyl groups is 1. The van der Waals surface area contributed by atoms with Gasteiger partial charge in [-0.1, -0.05) is 35.3 Å². The Bertz CT molecular complexity index is 1510. The molecule has 1 saturated heterocycles. The summed E-state index contributed by atoms with van der Waals surface area (Å²) in [5.41, 5.74) is 1.09. The standard InChI is InChI=1S/C29H24Cl2N2O6/c1-15(2)39-19-11-7-17(8-12-19)24-22(25(34)20-13-21(30)28(38-4)23(31)27(20)37-3)26(35)29(36)33(24)18-9-5-16(14-32)6-10-18/h5-13,15,24,34H,1-4H3/b25-22+. The molecular weight excluding hydrogens is 543 g/mol. The van der Waals surface area contributed by atoms with Crippen LogP contribution in [0.25, 0.3) is 5.76 Å². The van der Waals surface area contributed by atoms with Crippen molar-refractivity contribution in [3.63, 3.8) is 0 Å². The molecule has 3 aromatic rings. The maximum atomic E-state index is 13.5. The average Bonchev–Trinajstić information content (AvgIpc) is 3.18. The molecule has 0 radical (unpaired) electrons. The van der Waals surface area contributed by atoms with E-state index in [2.05, 4.69) is 0 Å². The summed E-state index contributed by atoms with van der Waals surface area (Å²) in [7, 11) is 2.72. The largest absolute Gasteiger partial charge is 0.507 e. The van der Waals surface area contributed by atoms with Crippen LogP contribution in [0.5, 0.6) is 17.2 Å². The smallest absolute Gasteiger partial charge is 0.300 e. The second kappa shape index (κ2) is 11.3. The zero-order valence-electron chi connectivity index (χ0n) is 21.5. The first-order chi connectivity index (χ1) is 18.6. The molecule has 1 N–H and O–H groups in total. The molecule has 0 spiro atoms. The van der Waals surface area contributed by atoms with Crippen molar-refractivity contribution >= 4 is 46.3 Å². The minimum atomic E-state index is -1.03. The number of hydrogen-bond donors (Lipinski definition) is 1. The topological polar surface area (TPSA) is 109 Å². The number of carbonyl (C=O) groups excluding carboxylic acids is 2. The number of benzene rings is 3. The average molecular weight is 567 g/mol. The first-order valence-electron chi connectivity index (χ1n) is 11.8. The number of amides is 1. The number of nitriles is 1. The molecule has 1 amide bonds. The highest BCUT2D eigenvalue weighted by molar-refractivity contribution is 6.52. The van der Waals surface area contributed by atoms with E-state index in [9.17, 15) is 20.0 Å². The molecule has 10 heteroatoms. The van der Waals surface area contributed by atoms with Crippen molar-refractivity contribution in [2.75, 3.05) is 19.1 Å². The van der Waals surface area contributed by atoms with Gasteiger partial charge in [-0.15, -0.1) is 0 Å². The Hall–Kier alpha value is -4.19. The van der Waals surface area contributed by atoms with E-state index in [-0.39, 0.29) is 38.8 Å².